The molecule has 1 N–H and O–H groups in total. The summed E-state index contributed by atoms with van der Waals surface area (Å²) in [5.41, 5.74) is 1.66. The van der Waals surface area contributed by atoms with Crippen molar-refractivity contribution >= 4 is 42.4 Å². The predicted octanol–water partition coefficient (Wildman–Crippen LogP) is 4.77. The van der Waals surface area contributed by atoms with Crippen molar-refractivity contribution in [1.82, 2.24) is 4.98 Å². The van der Waals surface area contributed by atoms with Gasteiger partial charge in [0.2, 0.25) is 0 Å². The third kappa shape index (κ3) is 4.20. The van der Waals surface area contributed by atoms with E-state index in [1.54, 1.807) is 19.1 Å². The number of anilines is 1. The summed E-state index contributed by atoms with van der Waals surface area (Å²) in [4.78, 5) is 4.43. The summed E-state index contributed by atoms with van der Waals surface area (Å²) >= 11 is 4.53. The minimum atomic E-state index is -3.81. The quantitative estimate of drug-likeness (QED) is 0.601. The first-order valence-electron chi connectivity index (χ1n) is 7.45. The van der Waals surface area contributed by atoms with Crippen LogP contribution in [0.1, 0.15) is 6.92 Å². The lowest BCUT2D eigenvalue weighted by Gasteiger charge is -2.11. The molecule has 0 saturated heterocycles. The predicted molar refractivity (Wildman–Crippen MR) is 104 cm³/mol. The molecular weight excluding hydrogens is 424 g/mol. The summed E-state index contributed by atoms with van der Waals surface area (Å²) in [6.45, 7) is 2.18. The molecule has 2 aromatic carbocycles. The molecular formula is C17H15BrN2O3S2. The van der Waals surface area contributed by atoms with E-state index in [2.05, 4.69) is 25.6 Å². The normalized spacial score (nSPS) is 11.3. The fourth-order valence-corrected chi connectivity index (χ4v) is 4.86. The Balaban J connectivity index is 1.90. The van der Waals surface area contributed by atoms with Crippen LogP contribution in [-0.4, -0.2) is 20.0 Å². The minimum Gasteiger partial charge on any atom is -0.492 e. The van der Waals surface area contributed by atoms with Crippen molar-refractivity contribution in [2.45, 2.75) is 11.8 Å². The van der Waals surface area contributed by atoms with Gasteiger partial charge in [-0.15, -0.1) is 11.3 Å². The first-order chi connectivity index (χ1) is 12.0. The highest BCUT2D eigenvalue weighted by Crippen LogP contribution is 2.31. The van der Waals surface area contributed by atoms with Crippen molar-refractivity contribution in [2.75, 3.05) is 11.3 Å². The van der Waals surface area contributed by atoms with Crippen LogP contribution < -0.4 is 9.46 Å². The average Bonchev–Trinajstić information content (AvgIpc) is 3.05. The van der Waals surface area contributed by atoms with Gasteiger partial charge in [0.05, 0.1) is 12.3 Å². The van der Waals surface area contributed by atoms with Crippen molar-refractivity contribution < 1.29 is 13.2 Å². The van der Waals surface area contributed by atoms with Gasteiger partial charge in [-0.3, -0.25) is 4.72 Å². The van der Waals surface area contributed by atoms with Gasteiger partial charge in [-0.2, -0.15) is 0 Å². The number of benzene rings is 2. The molecule has 0 saturated carbocycles. The van der Waals surface area contributed by atoms with Crippen LogP contribution in [0.2, 0.25) is 0 Å². The molecule has 0 bridgehead atoms. The van der Waals surface area contributed by atoms with Crippen LogP contribution in [-0.2, 0) is 10.0 Å². The molecule has 0 unspecified atom stereocenters. The molecule has 0 aliphatic heterocycles. The fraction of sp³-hybridized carbons (Fsp3) is 0.118. The molecule has 0 atom stereocenters. The van der Waals surface area contributed by atoms with E-state index in [0.29, 0.717) is 22.0 Å². The molecule has 0 aliphatic carbocycles. The monoisotopic (exact) mass is 438 g/mol. The van der Waals surface area contributed by atoms with Gasteiger partial charge in [-0.05, 0) is 25.1 Å². The van der Waals surface area contributed by atoms with Crippen LogP contribution in [0.5, 0.6) is 5.75 Å². The van der Waals surface area contributed by atoms with Crippen molar-refractivity contribution in [3.8, 4) is 17.0 Å². The van der Waals surface area contributed by atoms with E-state index >= 15 is 0 Å². The Morgan fingerprint density at radius 3 is 2.68 bits per heavy atom. The van der Waals surface area contributed by atoms with Crippen molar-refractivity contribution in [3.05, 3.63) is 58.4 Å². The molecule has 0 amide bonds. The number of hydrogen-bond acceptors (Lipinski definition) is 5. The molecule has 0 aliphatic rings. The van der Waals surface area contributed by atoms with Crippen LogP contribution in [0, 0.1) is 0 Å². The Labute approximate surface area is 158 Å². The van der Waals surface area contributed by atoms with Crippen LogP contribution in [0.4, 0.5) is 5.13 Å². The highest BCUT2D eigenvalue weighted by Gasteiger charge is 2.22. The Morgan fingerprint density at radius 2 is 1.96 bits per heavy atom. The lowest BCUT2D eigenvalue weighted by molar-refractivity contribution is 0.331. The molecule has 0 radical (unpaired) electrons. The number of aromatic nitrogens is 1. The highest BCUT2D eigenvalue weighted by molar-refractivity contribution is 9.10. The smallest absolute Gasteiger partial charge is 0.267 e. The van der Waals surface area contributed by atoms with Crippen LogP contribution in [0.3, 0.4) is 0 Å². The minimum absolute atomic E-state index is 0.0696. The SMILES string of the molecule is CCOc1ccc(Br)cc1S(=O)(=O)Nc1nc(-c2ccccc2)cs1. The van der Waals surface area contributed by atoms with Gasteiger partial charge in [0.25, 0.3) is 10.0 Å². The molecule has 3 aromatic rings. The molecule has 1 heterocycles. The zero-order chi connectivity index (χ0) is 17.9. The van der Waals surface area contributed by atoms with Gasteiger partial charge in [-0.1, -0.05) is 46.3 Å². The van der Waals surface area contributed by atoms with Crippen LogP contribution in [0.15, 0.2) is 63.3 Å². The Hall–Kier alpha value is -1.90. The molecule has 8 heteroatoms. The Kier molecular flexibility index (Phi) is 5.41. The van der Waals surface area contributed by atoms with Gasteiger partial charge in [0.1, 0.15) is 10.6 Å². The van der Waals surface area contributed by atoms with E-state index in [0.717, 1.165) is 11.3 Å². The largest absolute Gasteiger partial charge is 0.492 e. The number of hydrogen-bond donors (Lipinski definition) is 1. The number of sulfonamides is 1. The molecule has 25 heavy (non-hydrogen) atoms. The van der Waals surface area contributed by atoms with E-state index in [9.17, 15) is 8.42 Å². The van der Waals surface area contributed by atoms with Gasteiger partial charge >= 0.3 is 0 Å². The van der Waals surface area contributed by atoms with Crippen molar-refractivity contribution in [2.24, 2.45) is 0 Å². The van der Waals surface area contributed by atoms with Crippen molar-refractivity contribution in [1.29, 1.82) is 0 Å². The highest BCUT2D eigenvalue weighted by atomic mass is 79.9. The summed E-state index contributed by atoms with van der Waals surface area (Å²) < 4.78 is 34.1. The lowest BCUT2D eigenvalue weighted by Crippen LogP contribution is -2.14. The molecule has 1 aromatic heterocycles. The third-order valence-electron chi connectivity index (χ3n) is 3.29. The van der Waals surface area contributed by atoms with Crippen LogP contribution >= 0.6 is 27.3 Å². The summed E-state index contributed by atoms with van der Waals surface area (Å²) in [7, 11) is -3.81. The fourth-order valence-electron chi connectivity index (χ4n) is 2.20. The average molecular weight is 439 g/mol. The number of rotatable bonds is 6. The van der Waals surface area contributed by atoms with E-state index in [1.807, 2.05) is 35.7 Å². The maximum Gasteiger partial charge on any atom is 0.267 e. The number of nitrogens with zero attached hydrogens (tertiary/aromatic N) is 1. The van der Waals surface area contributed by atoms with Crippen LogP contribution in [0.25, 0.3) is 11.3 Å². The Morgan fingerprint density at radius 1 is 1.20 bits per heavy atom. The second-order valence-electron chi connectivity index (χ2n) is 5.03. The summed E-state index contributed by atoms with van der Waals surface area (Å²) in [6, 6.07) is 14.5. The van der Waals surface area contributed by atoms with E-state index < -0.39 is 10.0 Å². The number of ether oxygens (including phenoxy) is 1. The zero-order valence-corrected chi connectivity index (χ0v) is 16.5. The molecule has 0 fully saturated rings. The summed E-state index contributed by atoms with van der Waals surface area (Å²) in [6.07, 6.45) is 0. The van der Waals surface area contributed by atoms with Crippen molar-refractivity contribution in [3.63, 3.8) is 0 Å². The van der Waals surface area contributed by atoms with Gasteiger partial charge in [0.15, 0.2) is 5.13 Å². The van der Waals surface area contributed by atoms with E-state index in [4.69, 9.17) is 4.74 Å². The van der Waals surface area contributed by atoms with Gasteiger partial charge in [-0.25, -0.2) is 13.4 Å². The lowest BCUT2D eigenvalue weighted by atomic mass is 10.2. The number of thiazole rings is 1. The standard InChI is InChI=1S/C17H15BrN2O3S2/c1-2-23-15-9-8-13(18)10-16(15)25(21,22)20-17-19-14(11-24-17)12-6-4-3-5-7-12/h3-11H,2H2,1H3,(H,19,20). The van der Waals surface area contributed by atoms with Gasteiger partial charge in [0, 0.05) is 15.4 Å². The maximum atomic E-state index is 12.7. The molecule has 0 spiro atoms. The molecule has 130 valence electrons. The number of halogens is 1. The van der Waals surface area contributed by atoms with Gasteiger partial charge < -0.3 is 4.74 Å². The number of nitrogens with one attached hydrogen (secondary N) is 1. The first-order valence-corrected chi connectivity index (χ1v) is 10.6. The second kappa shape index (κ2) is 7.55. The first kappa shape index (κ1) is 17.9. The summed E-state index contributed by atoms with van der Waals surface area (Å²) in [5, 5.41) is 2.12. The third-order valence-corrected chi connectivity index (χ3v) is 6.03. The van der Waals surface area contributed by atoms with E-state index in [1.165, 1.54) is 17.4 Å². The topological polar surface area (TPSA) is 68.3 Å². The summed E-state index contributed by atoms with van der Waals surface area (Å²) in [5.74, 6) is 0.304. The molecule has 5 nitrogen and oxygen atoms in total. The van der Waals surface area contributed by atoms with E-state index in [-0.39, 0.29) is 4.90 Å². The zero-order valence-electron chi connectivity index (χ0n) is 13.3. The second-order valence-corrected chi connectivity index (χ2v) is 8.46. The maximum absolute atomic E-state index is 12.7. The molecule has 3 rings (SSSR count). The Bertz CT molecular complexity index is 973.